The Hall–Kier alpha value is -3.23. The van der Waals surface area contributed by atoms with E-state index in [-0.39, 0.29) is 6.17 Å². The van der Waals surface area contributed by atoms with E-state index in [2.05, 4.69) is 67.6 Å². The molecule has 3 aromatic rings. The van der Waals surface area contributed by atoms with Gasteiger partial charge in [-0.15, -0.1) is 0 Å². The van der Waals surface area contributed by atoms with E-state index in [1.54, 1.807) is 6.07 Å². The van der Waals surface area contributed by atoms with Crippen LogP contribution in [0.15, 0.2) is 42.7 Å². The fourth-order valence-corrected chi connectivity index (χ4v) is 6.71. The lowest BCUT2D eigenvalue weighted by atomic mass is 9.84. The predicted octanol–water partition coefficient (Wildman–Crippen LogP) is 2.44. The molecule has 3 saturated heterocycles. The van der Waals surface area contributed by atoms with Crippen LogP contribution in [0.2, 0.25) is 6.82 Å². The first-order valence-electron chi connectivity index (χ1n) is 15.0. The molecule has 0 saturated carbocycles. The number of rotatable bonds is 5. The number of benzene rings is 1. The van der Waals surface area contributed by atoms with Gasteiger partial charge in [0.1, 0.15) is 11.9 Å². The number of fused-ring (bicyclic) bond motifs is 2. The third-order valence-corrected chi connectivity index (χ3v) is 9.02. The molecule has 0 bridgehead atoms. The molecule has 1 N–H and O–H groups in total. The van der Waals surface area contributed by atoms with Gasteiger partial charge in [-0.2, -0.15) is 5.26 Å². The standard InChI is InChI=1S/C30H39BN8O/c1-22-15-29(36-10-12-38(13-11-36)31(3)40)34-17-25(22)19-35-9-14-39-23(2)18-37(21-26(39)20-35)28-7-6-24(16-32)30-27(28)5-4-8-33-30/h4-8,15,17,23,26,40H,9-14,18-21H2,1-3H3/t23-,26+/m1/s1/i8D. The van der Waals surface area contributed by atoms with E-state index in [9.17, 15) is 10.3 Å². The van der Waals surface area contributed by atoms with Crippen LogP contribution in [0.4, 0.5) is 11.5 Å². The van der Waals surface area contributed by atoms with Gasteiger partial charge in [-0.1, -0.05) is 0 Å². The Morgan fingerprint density at radius 1 is 1.07 bits per heavy atom. The van der Waals surface area contributed by atoms with Gasteiger partial charge < -0.3 is 19.6 Å². The van der Waals surface area contributed by atoms with Crippen molar-refractivity contribution in [2.75, 3.05) is 68.7 Å². The van der Waals surface area contributed by atoms with Crippen molar-refractivity contribution in [3.63, 3.8) is 0 Å². The minimum atomic E-state index is -0.397. The summed E-state index contributed by atoms with van der Waals surface area (Å²) >= 11 is 0. The highest BCUT2D eigenvalue weighted by Gasteiger charge is 2.37. The number of nitrogens with zero attached hydrogens (tertiary/aromatic N) is 8. The molecule has 1 aromatic carbocycles. The first kappa shape index (κ1) is 25.7. The molecule has 0 amide bonds. The summed E-state index contributed by atoms with van der Waals surface area (Å²) in [5, 5.41) is 20.4. The van der Waals surface area contributed by atoms with Crippen molar-refractivity contribution in [2.24, 2.45) is 0 Å². The normalized spacial score (nSPS) is 23.1. The van der Waals surface area contributed by atoms with Gasteiger partial charge in [-0.3, -0.25) is 14.8 Å². The number of hydrogen-bond donors (Lipinski definition) is 1. The summed E-state index contributed by atoms with van der Waals surface area (Å²) in [7, 11) is -0.397. The van der Waals surface area contributed by atoms with Gasteiger partial charge >= 0.3 is 7.05 Å². The number of pyridine rings is 2. The van der Waals surface area contributed by atoms with Crippen molar-refractivity contribution in [1.82, 2.24) is 24.6 Å². The second-order valence-corrected chi connectivity index (χ2v) is 11.6. The van der Waals surface area contributed by atoms with Crippen LogP contribution >= 0.6 is 0 Å². The zero-order valence-electron chi connectivity index (χ0n) is 24.8. The largest absolute Gasteiger partial charge is 0.437 e. The molecular formula is C30H39BN8O. The van der Waals surface area contributed by atoms with Crippen molar-refractivity contribution in [3.05, 3.63) is 59.4 Å². The molecular weight excluding hydrogens is 499 g/mol. The van der Waals surface area contributed by atoms with Crippen LogP contribution in [0.25, 0.3) is 10.9 Å². The van der Waals surface area contributed by atoms with Crippen LogP contribution in [0.1, 0.15) is 25.0 Å². The molecule has 40 heavy (non-hydrogen) atoms. The predicted molar refractivity (Wildman–Crippen MR) is 161 cm³/mol. The third-order valence-electron chi connectivity index (χ3n) is 9.02. The van der Waals surface area contributed by atoms with Crippen molar-refractivity contribution in [1.29, 1.82) is 5.26 Å². The van der Waals surface area contributed by atoms with Crippen LogP contribution in [0.3, 0.4) is 0 Å². The van der Waals surface area contributed by atoms with E-state index in [1.165, 1.54) is 11.1 Å². The number of anilines is 2. The molecule has 0 radical (unpaired) electrons. The molecule has 2 atom stereocenters. The molecule has 9 nitrogen and oxygen atoms in total. The fourth-order valence-electron chi connectivity index (χ4n) is 6.71. The third kappa shape index (κ3) is 5.27. The first-order chi connectivity index (χ1) is 19.8. The molecule has 0 aliphatic carbocycles. The molecule has 10 heteroatoms. The lowest BCUT2D eigenvalue weighted by molar-refractivity contribution is 0.0316. The van der Waals surface area contributed by atoms with E-state index in [4.69, 9.17) is 6.35 Å². The Labute approximate surface area is 239 Å². The first-order valence-corrected chi connectivity index (χ1v) is 14.5. The van der Waals surface area contributed by atoms with E-state index in [1.807, 2.05) is 19.0 Å². The van der Waals surface area contributed by atoms with Crippen LogP contribution in [-0.2, 0) is 6.54 Å². The van der Waals surface area contributed by atoms with Gasteiger partial charge in [0.2, 0.25) is 0 Å². The highest BCUT2D eigenvalue weighted by molar-refractivity contribution is 6.45. The number of aryl methyl sites for hydroxylation is 1. The number of piperazine rings is 3. The summed E-state index contributed by atoms with van der Waals surface area (Å²) < 4.78 is 7.97. The van der Waals surface area contributed by atoms with Crippen LogP contribution in [0, 0.1) is 18.3 Å². The smallest absolute Gasteiger partial charge is 0.376 e. The van der Waals surface area contributed by atoms with Gasteiger partial charge in [-0.05, 0) is 62.1 Å². The van der Waals surface area contributed by atoms with E-state index in [0.717, 1.165) is 82.3 Å². The van der Waals surface area contributed by atoms with Gasteiger partial charge in [0, 0.05) is 101 Å². The summed E-state index contributed by atoms with van der Waals surface area (Å²) in [5.74, 6) is 1.03. The monoisotopic (exact) mass is 539 g/mol. The summed E-state index contributed by atoms with van der Waals surface area (Å²) in [5.41, 5.74) is 4.79. The molecule has 2 aromatic heterocycles. The van der Waals surface area contributed by atoms with Crippen molar-refractivity contribution >= 4 is 29.5 Å². The van der Waals surface area contributed by atoms with Crippen LogP contribution in [-0.4, -0.2) is 108 Å². The molecule has 208 valence electrons. The molecule has 3 fully saturated rings. The maximum atomic E-state index is 9.86. The SMILES string of the molecule is [2H]c1ccc2c(N3C[C@@H]4CN(Cc5cnc(N6CCN(B(C)O)CC6)cc5C)CCN4[C@H](C)C3)ccc(C#N)c2n1. The van der Waals surface area contributed by atoms with Gasteiger partial charge in [0.05, 0.1) is 12.5 Å². The Kier molecular flexibility index (Phi) is 7.29. The second-order valence-electron chi connectivity index (χ2n) is 11.6. The Morgan fingerprint density at radius 2 is 1.90 bits per heavy atom. The highest BCUT2D eigenvalue weighted by atomic mass is 16.2. The molecule has 5 heterocycles. The number of nitriles is 1. The minimum Gasteiger partial charge on any atom is -0.437 e. The Morgan fingerprint density at radius 3 is 2.65 bits per heavy atom. The molecule has 3 aliphatic rings. The molecule has 6 rings (SSSR count). The van der Waals surface area contributed by atoms with Crippen LogP contribution < -0.4 is 9.80 Å². The van der Waals surface area contributed by atoms with E-state index in [0.29, 0.717) is 23.2 Å². The number of hydrogen-bond acceptors (Lipinski definition) is 9. The Bertz CT molecular complexity index is 1460. The quantitative estimate of drug-likeness (QED) is 0.492. The summed E-state index contributed by atoms with van der Waals surface area (Å²) in [6.45, 7) is 15.6. The zero-order chi connectivity index (χ0) is 28.7. The van der Waals surface area contributed by atoms with Crippen molar-refractivity contribution in [3.8, 4) is 6.07 Å². The van der Waals surface area contributed by atoms with Gasteiger partial charge in [0.25, 0.3) is 0 Å². The highest BCUT2D eigenvalue weighted by Crippen LogP contribution is 2.32. The lowest BCUT2D eigenvalue weighted by Gasteiger charge is -2.51. The number of aromatic nitrogens is 2. The average molecular weight is 540 g/mol. The topological polar surface area (TPSA) is 86.0 Å². The lowest BCUT2D eigenvalue weighted by Crippen LogP contribution is -2.65. The maximum Gasteiger partial charge on any atom is 0.376 e. The molecule has 3 aliphatic heterocycles. The van der Waals surface area contributed by atoms with Crippen LogP contribution in [0.5, 0.6) is 0 Å². The molecule has 0 unspecified atom stereocenters. The summed E-state index contributed by atoms with van der Waals surface area (Å²) in [6, 6.07) is 12.8. The minimum absolute atomic E-state index is 0.184. The van der Waals surface area contributed by atoms with E-state index >= 15 is 0 Å². The van der Waals surface area contributed by atoms with Crippen molar-refractivity contribution in [2.45, 2.75) is 39.3 Å². The second kappa shape index (κ2) is 11.3. The van der Waals surface area contributed by atoms with Crippen molar-refractivity contribution < 1.29 is 6.39 Å². The van der Waals surface area contributed by atoms with Gasteiger partial charge in [0.15, 0.2) is 0 Å². The Balaban J connectivity index is 1.14. The van der Waals surface area contributed by atoms with E-state index < -0.39 is 7.05 Å². The fraction of sp³-hybridized carbons (Fsp3) is 0.500. The summed E-state index contributed by atoms with van der Waals surface area (Å²) in [6.07, 6.45) is 2.24. The molecule has 0 spiro atoms. The summed E-state index contributed by atoms with van der Waals surface area (Å²) in [4.78, 5) is 21.3. The zero-order valence-corrected chi connectivity index (χ0v) is 23.8. The maximum absolute atomic E-state index is 9.86. The average Bonchev–Trinajstić information content (AvgIpc) is 2.97. The van der Waals surface area contributed by atoms with Gasteiger partial charge in [-0.25, -0.2) is 4.98 Å².